The molecule has 1 atom stereocenters. The summed E-state index contributed by atoms with van der Waals surface area (Å²) < 4.78 is 0. The van der Waals surface area contributed by atoms with Crippen LogP contribution >= 0.6 is 0 Å². The summed E-state index contributed by atoms with van der Waals surface area (Å²) in [5, 5.41) is 17.7. The van der Waals surface area contributed by atoms with Crippen LogP contribution in [0.1, 0.15) is 34.1 Å². The molecule has 0 radical (unpaired) electrons. The van der Waals surface area contributed by atoms with E-state index in [0.717, 1.165) is 0 Å². The van der Waals surface area contributed by atoms with Gasteiger partial charge in [-0.25, -0.2) is 0 Å². The molecule has 0 aromatic rings. The van der Waals surface area contributed by atoms with E-state index in [4.69, 9.17) is 28.0 Å². The topological polar surface area (TPSA) is 145 Å². The van der Waals surface area contributed by atoms with E-state index in [1.165, 1.54) is 0 Å². The average molecular weight is 236 g/mol. The van der Waals surface area contributed by atoms with Gasteiger partial charge < -0.3 is 33.1 Å². The maximum absolute atomic E-state index is 9.47. The Balaban J connectivity index is 0. The summed E-state index contributed by atoms with van der Waals surface area (Å²) in [5.74, 6) is 0. The third kappa shape index (κ3) is 10.3. The zero-order valence-corrected chi connectivity index (χ0v) is 10.8. The fourth-order valence-electron chi connectivity index (χ4n) is 1.13. The van der Waals surface area contributed by atoms with Crippen molar-refractivity contribution in [2.45, 2.75) is 57.5 Å². The van der Waals surface area contributed by atoms with E-state index >= 15 is 0 Å². The first-order chi connectivity index (χ1) is 6.92. The Hall–Kier alpha value is -0.240. The van der Waals surface area contributed by atoms with Crippen molar-refractivity contribution in [3.05, 3.63) is 0 Å². The lowest BCUT2D eigenvalue weighted by Gasteiger charge is -2.35. The van der Waals surface area contributed by atoms with Gasteiger partial charge in [-0.15, -0.1) is 0 Å². The second-order valence-corrected chi connectivity index (χ2v) is 5.19. The summed E-state index contributed by atoms with van der Waals surface area (Å²) in [6.07, 6.45) is -0.921. The molecule has 0 rings (SSSR count). The predicted molar refractivity (Wildman–Crippen MR) is 66.4 cm³/mol. The fourth-order valence-corrected chi connectivity index (χ4v) is 1.13. The van der Waals surface area contributed by atoms with E-state index in [2.05, 4.69) is 0 Å². The highest BCUT2D eigenvalue weighted by atomic mass is 16.3. The third-order valence-corrected chi connectivity index (χ3v) is 1.87. The Morgan fingerprint density at radius 1 is 1.00 bits per heavy atom. The van der Waals surface area contributed by atoms with Crippen molar-refractivity contribution in [3.8, 4) is 0 Å². The predicted octanol–water partition coefficient (Wildman–Crippen LogP) is -1.57. The van der Waals surface area contributed by atoms with E-state index in [1.54, 1.807) is 27.7 Å². The molecule has 0 fully saturated rings. The standard InChI is InChI=1S/C7H18N2O.C3H10N2O/c1-6(2,8)5(10)7(3,4)9;4-2-1-3(5)6/h5,10H,8-9H2,1-4H3;3,6H,1-2,4-5H2. The highest BCUT2D eigenvalue weighted by Crippen LogP contribution is 2.15. The van der Waals surface area contributed by atoms with Gasteiger partial charge in [-0.1, -0.05) is 0 Å². The summed E-state index contributed by atoms with van der Waals surface area (Å²) in [6, 6.07) is 0. The fraction of sp³-hybridized carbons (Fsp3) is 1.00. The maximum Gasteiger partial charge on any atom is 0.103 e. The van der Waals surface area contributed by atoms with Gasteiger partial charge in [0.25, 0.3) is 0 Å². The third-order valence-electron chi connectivity index (χ3n) is 1.87. The smallest absolute Gasteiger partial charge is 0.103 e. The van der Waals surface area contributed by atoms with Crippen molar-refractivity contribution in [2.75, 3.05) is 6.54 Å². The molecule has 6 nitrogen and oxygen atoms in total. The van der Waals surface area contributed by atoms with E-state index in [-0.39, 0.29) is 0 Å². The normalized spacial score (nSPS) is 14.4. The molecule has 6 heteroatoms. The van der Waals surface area contributed by atoms with E-state index < -0.39 is 23.4 Å². The van der Waals surface area contributed by atoms with Crippen LogP contribution in [-0.4, -0.2) is 40.2 Å². The van der Waals surface area contributed by atoms with Crippen molar-refractivity contribution in [2.24, 2.45) is 22.9 Å². The Morgan fingerprint density at radius 3 is 1.31 bits per heavy atom. The lowest BCUT2D eigenvalue weighted by atomic mass is 9.85. The van der Waals surface area contributed by atoms with Crippen LogP contribution in [0.15, 0.2) is 0 Å². The molecule has 0 aromatic carbocycles. The molecule has 100 valence electrons. The quantitative estimate of drug-likeness (QED) is 0.325. The molecule has 0 heterocycles. The molecule has 0 saturated carbocycles. The van der Waals surface area contributed by atoms with Gasteiger partial charge in [-0.2, -0.15) is 0 Å². The SMILES string of the molecule is CC(C)(N)C(O)C(C)(C)N.NCCC(N)O. The van der Waals surface area contributed by atoms with Crippen LogP contribution in [0.2, 0.25) is 0 Å². The van der Waals surface area contributed by atoms with Crippen molar-refractivity contribution < 1.29 is 10.2 Å². The largest absolute Gasteiger partial charge is 0.389 e. The van der Waals surface area contributed by atoms with Gasteiger partial charge >= 0.3 is 0 Å². The molecule has 0 amide bonds. The summed E-state index contributed by atoms with van der Waals surface area (Å²) in [7, 11) is 0. The average Bonchev–Trinajstić information content (AvgIpc) is 2.00. The van der Waals surface area contributed by atoms with Crippen LogP contribution in [0.5, 0.6) is 0 Å². The zero-order valence-electron chi connectivity index (χ0n) is 10.8. The first kappa shape index (κ1) is 18.1. The van der Waals surface area contributed by atoms with Crippen LogP contribution < -0.4 is 22.9 Å². The van der Waals surface area contributed by atoms with Crippen molar-refractivity contribution in [1.82, 2.24) is 0 Å². The maximum atomic E-state index is 9.47. The van der Waals surface area contributed by atoms with Crippen LogP contribution in [0.25, 0.3) is 0 Å². The van der Waals surface area contributed by atoms with Crippen LogP contribution in [0.4, 0.5) is 0 Å². The number of aliphatic hydroxyl groups excluding tert-OH is 2. The lowest BCUT2D eigenvalue weighted by Crippen LogP contribution is -2.59. The minimum absolute atomic E-state index is 0.456. The molecule has 0 aliphatic rings. The molecule has 16 heavy (non-hydrogen) atoms. The van der Waals surface area contributed by atoms with Crippen molar-refractivity contribution in [1.29, 1.82) is 0 Å². The van der Waals surface area contributed by atoms with Crippen LogP contribution in [0.3, 0.4) is 0 Å². The summed E-state index contributed by atoms with van der Waals surface area (Å²) in [4.78, 5) is 0. The van der Waals surface area contributed by atoms with Crippen molar-refractivity contribution >= 4 is 0 Å². The van der Waals surface area contributed by atoms with Gasteiger partial charge in [0.15, 0.2) is 0 Å². The highest BCUT2D eigenvalue weighted by Gasteiger charge is 2.33. The van der Waals surface area contributed by atoms with E-state index in [0.29, 0.717) is 13.0 Å². The molecule has 0 aromatic heterocycles. The molecule has 0 aliphatic carbocycles. The Kier molecular flexibility index (Phi) is 8.11. The van der Waals surface area contributed by atoms with Gasteiger partial charge in [-0.3, -0.25) is 0 Å². The minimum atomic E-state index is -0.727. The first-order valence-corrected chi connectivity index (χ1v) is 5.32. The van der Waals surface area contributed by atoms with Crippen LogP contribution in [0, 0.1) is 0 Å². The first-order valence-electron chi connectivity index (χ1n) is 5.32. The van der Waals surface area contributed by atoms with Gasteiger partial charge in [0.2, 0.25) is 0 Å². The minimum Gasteiger partial charge on any atom is -0.389 e. The molecule has 1 unspecified atom stereocenters. The molecule has 0 saturated heterocycles. The number of hydrogen-bond acceptors (Lipinski definition) is 6. The molecule has 0 spiro atoms. The molecule has 0 bridgehead atoms. The lowest BCUT2D eigenvalue weighted by molar-refractivity contribution is 0.0446. The van der Waals surface area contributed by atoms with Gasteiger partial charge in [0.1, 0.15) is 6.23 Å². The number of hydrogen-bond donors (Lipinski definition) is 6. The molecular formula is C10H28N4O2. The second kappa shape index (κ2) is 7.16. The van der Waals surface area contributed by atoms with Crippen molar-refractivity contribution in [3.63, 3.8) is 0 Å². The van der Waals surface area contributed by atoms with Gasteiger partial charge in [0.05, 0.1) is 6.10 Å². The molecule has 10 N–H and O–H groups in total. The van der Waals surface area contributed by atoms with E-state index in [1.807, 2.05) is 0 Å². The van der Waals surface area contributed by atoms with Crippen LogP contribution in [-0.2, 0) is 0 Å². The van der Waals surface area contributed by atoms with E-state index in [9.17, 15) is 5.11 Å². The van der Waals surface area contributed by atoms with Gasteiger partial charge in [0, 0.05) is 11.1 Å². The summed E-state index contributed by atoms with van der Waals surface area (Å²) in [5.41, 5.74) is 19.9. The Morgan fingerprint density at radius 2 is 1.31 bits per heavy atom. The molecule has 0 aliphatic heterocycles. The second-order valence-electron chi connectivity index (χ2n) is 5.19. The highest BCUT2D eigenvalue weighted by molar-refractivity contribution is 4.95. The number of rotatable bonds is 4. The monoisotopic (exact) mass is 236 g/mol. The molecular weight excluding hydrogens is 208 g/mol. The Labute approximate surface area is 98.0 Å². The number of nitrogens with two attached hydrogens (primary N) is 4. The Bertz CT molecular complexity index is 159. The summed E-state index contributed by atoms with van der Waals surface area (Å²) in [6.45, 7) is 7.48. The number of aliphatic hydroxyl groups is 2. The summed E-state index contributed by atoms with van der Waals surface area (Å²) >= 11 is 0. The van der Waals surface area contributed by atoms with Gasteiger partial charge in [-0.05, 0) is 40.7 Å². The zero-order chi connectivity index (χ0) is 13.6.